The number of imidazole rings is 1. The second-order valence-corrected chi connectivity index (χ2v) is 10.7. The Bertz CT molecular complexity index is 1160. The van der Waals surface area contributed by atoms with Gasteiger partial charge in [-0.15, -0.1) is 11.3 Å². The molecule has 0 radical (unpaired) electrons. The average Bonchev–Trinajstić information content (AvgIpc) is 3.16. The third-order valence-electron chi connectivity index (χ3n) is 4.96. The average molecular weight is 435 g/mol. The summed E-state index contributed by atoms with van der Waals surface area (Å²) in [6.45, 7) is 7.94. The van der Waals surface area contributed by atoms with Gasteiger partial charge in [0.05, 0.1) is 22.8 Å². The van der Waals surface area contributed by atoms with Crippen LogP contribution in [0.3, 0.4) is 0 Å². The van der Waals surface area contributed by atoms with Crippen LogP contribution in [0.2, 0.25) is 0 Å². The van der Waals surface area contributed by atoms with Gasteiger partial charge >= 0.3 is 0 Å². The molecule has 156 valence electrons. The van der Waals surface area contributed by atoms with Crippen molar-refractivity contribution in [2.75, 3.05) is 14.1 Å². The summed E-state index contributed by atoms with van der Waals surface area (Å²) in [6, 6.07) is 6.03. The molecule has 0 unspecified atom stereocenters. The minimum atomic E-state index is -3.65. The van der Waals surface area contributed by atoms with E-state index in [2.05, 4.69) is 4.98 Å². The molecule has 0 aliphatic rings. The van der Waals surface area contributed by atoms with Crippen molar-refractivity contribution in [3.8, 4) is 0 Å². The molecule has 0 fully saturated rings. The van der Waals surface area contributed by atoms with Gasteiger partial charge in [-0.05, 0) is 45.9 Å². The molecule has 7 nitrogen and oxygen atoms in total. The summed E-state index contributed by atoms with van der Waals surface area (Å²) in [5.41, 5.74) is 2.17. The highest BCUT2D eigenvalue weighted by Crippen LogP contribution is 2.23. The highest BCUT2D eigenvalue weighted by Gasteiger charge is 2.25. The Labute approximate surface area is 175 Å². The van der Waals surface area contributed by atoms with E-state index in [4.69, 9.17) is 0 Å². The molecule has 1 aromatic carbocycles. The van der Waals surface area contributed by atoms with Crippen LogP contribution in [0, 0.1) is 13.8 Å². The van der Waals surface area contributed by atoms with Crippen molar-refractivity contribution >= 4 is 32.2 Å². The fraction of sp³-hybridized carbons (Fsp3) is 0.400. The number of hydrogen-bond donors (Lipinski definition) is 0. The first-order chi connectivity index (χ1) is 13.5. The van der Waals surface area contributed by atoms with Gasteiger partial charge in [0.15, 0.2) is 4.96 Å². The zero-order valence-electron chi connectivity index (χ0n) is 17.5. The number of carbonyl (C=O) groups excluding carboxylic acids is 1. The number of fused-ring (bicyclic) bond motifs is 1. The van der Waals surface area contributed by atoms with Crippen LogP contribution < -0.4 is 0 Å². The van der Waals surface area contributed by atoms with Gasteiger partial charge in [-0.2, -0.15) is 4.31 Å². The van der Waals surface area contributed by atoms with Gasteiger partial charge in [-0.3, -0.25) is 9.20 Å². The molecule has 0 N–H and O–H groups in total. The van der Waals surface area contributed by atoms with Crippen LogP contribution >= 0.6 is 11.3 Å². The van der Waals surface area contributed by atoms with E-state index in [0.717, 1.165) is 21.2 Å². The quantitative estimate of drug-likeness (QED) is 0.596. The number of hydrogen-bond acceptors (Lipinski definition) is 5. The Kier molecular flexibility index (Phi) is 5.84. The maximum atomic E-state index is 13.0. The molecule has 3 aromatic rings. The fourth-order valence-corrected chi connectivity index (χ4v) is 5.35. The predicted molar refractivity (Wildman–Crippen MR) is 115 cm³/mol. The maximum absolute atomic E-state index is 13.0. The summed E-state index contributed by atoms with van der Waals surface area (Å²) >= 11 is 1.61. The van der Waals surface area contributed by atoms with E-state index in [-0.39, 0.29) is 16.8 Å². The summed E-state index contributed by atoms with van der Waals surface area (Å²) in [5.74, 6) is -0.240. The summed E-state index contributed by atoms with van der Waals surface area (Å²) in [7, 11) is -0.404. The molecule has 2 aromatic heterocycles. The first-order valence-corrected chi connectivity index (χ1v) is 11.6. The number of aryl methyl sites for hydroxylation is 2. The molecule has 2 heterocycles. The van der Waals surface area contributed by atoms with Crippen molar-refractivity contribution in [1.29, 1.82) is 0 Å². The van der Waals surface area contributed by atoms with E-state index in [0.29, 0.717) is 12.1 Å². The molecule has 0 atom stereocenters. The van der Waals surface area contributed by atoms with Crippen molar-refractivity contribution in [1.82, 2.24) is 18.6 Å². The second-order valence-electron chi connectivity index (χ2n) is 7.44. The molecular weight excluding hydrogens is 408 g/mol. The minimum Gasteiger partial charge on any atom is -0.336 e. The SMILES string of the molecule is Cc1cn2c(CN(C)C(=O)c3cccc(S(=O)(=O)N(C)C(C)C)c3)c(C)nc2s1. The van der Waals surface area contributed by atoms with Crippen LogP contribution in [-0.2, 0) is 16.6 Å². The Morgan fingerprint density at radius 3 is 2.59 bits per heavy atom. The van der Waals surface area contributed by atoms with Crippen LogP contribution in [0.5, 0.6) is 0 Å². The van der Waals surface area contributed by atoms with E-state index < -0.39 is 10.0 Å². The van der Waals surface area contributed by atoms with Crippen molar-refractivity contribution in [3.05, 3.63) is 52.3 Å². The molecule has 9 heteroatoms. The van der Waals surface area contributed by atoms with Gasteiger partial charge in [-0.25, -0.2) is 13.4 Å². The van der Waals surface area contributed by atoms with Crippen LogP contribution in [0.4, 0.5) is 0 Å². The fourth-order valence-electron chi connectivity index (χ4n) is 3.05. The smallest absolute Gasteiger partial charge is 0.253 e. The number of rotatable bonds is 6. The van der Waals surface area contributed by atoms with Gasteiger partial charge in [0.1, 0.15) is 0 Å². The zero-order chi connectivity index (χ0) is 21.5. The number of amides is 1. The predicted octanol–water partition coefficient (Wildman–Crippen LogP) is 3.31. The van der Waals surface area contributed by atoms with Crippen molar-refractivity contribution < 1.29 is 13.2 Å². The van der Waals surface area contributed by atoms with Crippen molar-refractivity contribution in [2.24, 2.45) is 0 Å². The second kappa shape index (κ2) is 7.89. The van der Waals surface area contributed by atoms with Crippen LogP contribution in [0.25, 0.3) is 4.96 Å². The number of aromatic nitrogens is 2. The van der Waals surface area contributed by atoms with Crippen LogP contribution in [-0.4, -0.2) is 53.1 Å². The lowest BCUT2D eigenvalue weighted by Crippen LogP contribution is -2.33. The minimum absolute atomic E-state index is 0.115. The van der Waals surface area contributed by atoms with Crippen LogP contribution in [0.15, 0.2) is 35.4 Å². The molecule has 0 saturated heterocycles. The first-order valence-electron chi connectivity index (χ1n) is 9.30. The summed E-state index contributed by atoms with van der Waals surface area (Å²) < 4.78 is 28.8. The molecule has 1 amide bonds. The molecule has 0 saturated carbocycles. The number of carbonyl (C=O) groups is 1. The summed E-state index contributed by atoms with van der Waals surface area (Å²) in [5, 5.41) is 0. The molecule has 0 aliphatic heterocycles. The molecule has 0 bridgehead atoms. The maximum Gasteiger partial charge on any atom is 0.253 e. The Morgan fingerprint density at radius 1 is 1.24 bits per heavy atom. The van der Waals surface area contributed by atoms with Crippen molar-refractivity contribution in [3.63, 3.8) is 0 Å². The van der Waals surface area contributed by atoms with Gasteiger partial charge in [-0.1, -0.05) is 6.07 Å². The highest BCUT2D eigenvalue weighted by molar-refractivity contribution is 7.89. The third-order valence-corrected chi connectivity index (χ3v) is 7.89. The Hall–Kier alpha value is -2.23. The van der Waals surface area contributed by atoms with Gasteiger partial charge in [0, 0.05) is 36.8 Å². The Morgan fingerprint density at radius 2 is 1.93 bits per heavy atom. The van der Waals surface area contributed by atoms with E-state index in [9.17, 15) is 13.2 Å². The molecule has 0 spiro atoms. The normalized spacial score (nSPS) is 12.3. The molecule has 29 heavy (non-hydrogen) atoms. The Balaban J connectivity index is 1.87. The van der Waals surface area contributed by atoms with E-state index in [1.54, 1.807) is 49.3 Å². The number of benzene rings is 1. The van der Waals surface area contributed by atoms with Crippen molar-refractivity contribution in [2.45, 2.75) is 45.2 Å². The molecule has 3 rings (SSSR count). The lowest BCUT2D eigenvalue weighted by atomic mass is 10.2. The number of sulfonamides is 1. The summed E-state index contributed by atoms with van der Waals surface area (Å²) in [4.78, 5) is 21.3. The van der Waals surface area contributed by atoms with E-state index in [1.807, 2.05) is 24.4 Å². The summed E-state index contributed by atoms with van der Waals surface area (Å²) in [6.07, 6.45) is 2.02. The monoisotopic (exact) mass is 434 g/mol. The lowest BCUT2D eigenvalue weighted by Gasteiger charge is -2.22. The zero-order valence-corrected chi connectivity index (χ0v) is 19.1. The topological polar surface area (TPSA) is 75.0 Å². The third kappa shape index (κ3) is 4.08. The number of nitrogens with zero attached hydrogens (tertiary/aromatic N) is 4. The largest absolute Gasteiger partial charge is 0.336 e. The van der Waals surface area contributed by atoms with E-state index in [1.165, 1.54) is 23.5 Å². The lowest BCUT2D eigenvalue weighted by molar-refractivity contribution is 0.0782. The van der Waals surface area contributed by atoms with Crippen LogP contribution in [0.1, 0.15) is 40.5 Å². The molecular formula is C20H26N4O3S2. The van der Waals surface area contributed by atoms with Gasteiger partial charge in [0.2, 0.25) is 10.0 Å². The molecule has 0 aliphatic carbocycles. The van der Waals surface area contributed by atoms with E-state index >= 15 is 0 Å². The standard InChI is InChI=1S/C20H26N4O3S2/c1-13(2)23(6)29(26,27)17-9-7-8-16(10-17)19(25)22(5)12-18-15(4)21-20-24(18)11-14(3)28-20/h7-11,13H,12H2,1-6H3. The van der Waals surface area contributed by atoms with Gasteiger partial charge < -0.3 is 4.90 Å². The van der Waals surface area contributed by atoms with Gasteiger partial charge in [0.25, 0.3) is 5.91 Å². The number of thiazole rings is 1. The highest BCUT2D eigenvalue weighted by atomic mass is 32.2. The first kappa shape index (κ1) is 21.5.